The summed E-state index contributed by atoms with van der Waals surface area (Å²) in [6.45, 7) is 0.614. The average Bonchev–Trinajstić information content (AvgIpc) is 3.53. The zero-order valence-corrected chi connectivity index (χ0v) is 20.0. The fourth-order valence-corrected chi connectivity index (χ4v) is 4.07. The molecule has 1 aliphatic rings. The first-order valence-electron chi connectivity index (χ1n) is 11.3. The van der Waals surface area contributed by atoms with Crippen LogP contribution in [0.4, 0.5) is 11.6 Å². The van der Waals surface area contributed by atoms with Gasteiger partial charge in [-0.1, -0.05) is 17.7 Å². The van der Waals surface area contributed by atoms with Gasteiger partial charge in [-0.05, 0) is 56.6 Å². The lowest BCUT2D eigenvalue weighted by Gasteiger charge is -2.15. The van der Waals surface area contributed by atoms with Crippen molar-refractivity contribution in [3.8, 4) is 11.4 Å². The van der Waals surface area contributed by atoms with Crippen molar-refractivity contribution in [1.82, 2.24) is 30.8 Å². The highest BCUT2D eigenvalue weighted by molar-refractivity contribution is 6.32. The van der Waals surface area contributed by atoms with Crippen LogP contribution < -0.4 is 21.3 Å². The third-order valence-electron chi connectivity index (χ3n) is 5.61. The van der Waals surface area contributed by atoms with Crippen molar-refractivity contribution in [2.75, 3.05) is 24.2 Å². The molecule has 0 aliphatic heterocycles. The Morgan fingerprint density at radius 3 is 2.71 bits per heavy atom. The molecule has 1 saturated carbocycles. The van der Waals surface area contributed by atoms with Crippen molar-refractivity contribution in [1.29, 1.82) is 0 Å². The molecule has 0 spiro atoms. The molecule has 182 valence electrons. The fraction of sp³-hybridized carbons (Fsp3) is 0.292. The van der Waals surface area contributed by atoms with E-state index < -0.39 is 0 Å². The molecule has 2 unspecified atom stereocenters. The van der Waals surface area contributed by atoms with Crippen molar-refractivity contribution in [2.24, 2.45) is 0 Å². The van der Waals surface area contributed by atoms with E-state index in [-0.39, 0.29) is 23.9 Å². The average molecular weight is 495 g/mol. The Bertz CT molecular complexity index is 1180. The maximum atomic E-state index is 12.7. The lowest BCUT2D eigenvalue weighted by atomic mass is 10.1. The van der Waals surface area contributed by atoms with Gasteiger partial charge in [0.1, 0.15) is 5.69 Å². The van der Waals surface area contributed by atoms with Gasteiger partial charge in [0.05, 0.1) is 16.9 Å². The highest BCUT2D eigenvalue weighted by Crippen LogP contribution is 2.26. The molecule has 4 rings (SSSR count). The molecule has 0 radical (unpaired) electrons. The van der Waals surface area contributed by atoms with Gasteiger partial charge in [-0.3, -0.25) is 14.7 Å². The Labute approximate surface area is 208 Å². The topological polar surface area (TPSA) is 137 Å². The smallest absolute Gasteiger partial charge is 0.251 e. The first kappa shape index (κ1) is 24.4. The minimum atomic E-state index is -0.219. The van der Waals surface area contributed by atoms with Gasteiger partial charge < -0.3 is 21.3 Å². The van der Waals surface area contributed by atoms with Gasteiger partial charge in [0.2, 0.25) is 11.9 Å². The van der Waals surface area contributed by atoms with Gasteiger partial charge in [0.15, 0.2) is 0 Å². The van der Waals surface area contributed by atoms with Crippen molar-refractivity contribution in [3.05, 3.63) is 65.5 Å². The second-order valence-electron chi connectivity index (χ2n) is 8.21. The van der Waals surface area contributed by atoms with E-state index in [0.717, 1.165) is 19.3 Å². The summed E-state index contributed by atoms with van der Waals surface area (Å²) in [7, 11) is 1.81. The summed E-state index contributed by atoms with van der Waals surface area (Å²) in [4.78, 5) is 33.4. The number of hydrogen-bond acceptors (Lipinski definition) is 7. The first-order chi connectivity index (χ1) is 17.0. The van der Waals surface area contributed by atoms with Crippen LogP contribution in [-0.4, -0.2) is 57.7 Å². The van der Waals surface area contributed by atoms with E-state index in [4.69, 9.17) is 11.6 Å². The van der Waals surface area contributed by atoms with Crippen molar-refractivity contribution < 1.29 is 9.59 Å². The third-order valence-corrected chi connectivity index (χ3v) is 5.88. The number of rotatable bonds is 9. The van der Waals surface area contributed by atoms with Gasteiger partial charge in [0, 0.05) is 42.2 Å². The minimum Gasteiger partial charge on any atom is -0.351 e. The highest BCUT2D eigenvalue weighted by atomic mass is 35.5. The zero-order valence-electron chi connectivity index (χ0n) is 19.2. The number of carbonyl (C=O) groups is 2. The molecular weight excluding hydrogens is 468 g/mol. The Balaban J connectivity index is 1.28. The second kappa shape index (κ2) is 11.6. The number of aromatic amines is 1. The molecule has 1 aliphatic carbocycles. The van der Waals surface area contributed by atoms with Gasteiger partial charge in [0.25, 0.3) is 5.91 Å². The number of amides is 2. The quantitative estimate of drug-likeness (QED) is 0.288. The molecular formula is C24H27ClN8O2. The molecule has 5 N–H and O–H groups in total. The van der Waals surface area contributed by atoms with Crippen molar-refractivity contribution in [2.45, 2.75) is 31.3 Å². The largest absolute Gasteiger partial charge is 0.351 e. The molecule has 2 heterocycles. The Morgan fingerprint density at radius 1 is 1.17 bits per heavy atom. The van der Waals surface area contributed by atoms with E-state index in [1.165, 1.54) is 6.08 Å². The van der Waals surface area contributed by atoms with Crippen molar-refractivity contribution >= 4 is 35.1 Å². The van der Waals surface area contributed by atoms with E-state index in [0.29, 0.717) is 40.2 Å². The Morgan fingerprint density at radius 2 is 1.97 bits per heavy atom. The van der Waals surface area contributed by atoms with Gasteiger partial charge in [-0.25, -0.2) is 9.97 Å². The third kappa shape index (κ3) is 6.65. The Hall–Kier alpha value is -3.76. The monoisotopic (exact) mass is 494 g/mol. The van der Waals surface area contributed by atoms with Crippen LogP contribution in [-0.2, 0) is 4.79 Å². The van der Waals surface area contributed by atoms with E-state index in [1.807, 2.05) is 0 Å². The van der Waals surface area contributed by atoms with Gasteiger partial charge in [-0.15, -0.1) is 0 Å². The molecule has 35 heavy (non-hydrogen) atoms. The maximum Gasteiger partial charge on any atom is 0.251 e. The summed E-state index contributed by atoms with van der Waals surface area (Å²) in [5.41, 5.74) is 2.46. The lowest BCUT2D eigenvalue weighted by Crippen LogP contribution is -2.34. The lowest BCUT2D eigenvalue weighted by molar-refractivity contribution is -0.111. The number of likely N-dealkylation sites (N-methyl/N-ethyl adjacent to an activating group) is 1. The van der Waals surface area contributed by atoms with Gasteiger partial charge in [-0.2, -0.15) is 5.10 Å². The first-order valence-corrected chi connectivity index (χ1v) is 11.7. The summed E-state index contributed by atoms with van der Waals surface area (Å²) < 4.78 is 0. The number of halogens is 1. The molecule has 0 saturated heterocycles. The molecule has 3 aromatic rings. The van der Waals surface area contributed by atoms with Crippen LogP contribution >= 0.6 is 11.6 Å². The standard InChI is InChI=1S/C24H27ClN8O2/c1-26-11-2-3-21(34)29-16-6-4-15(5-7-16)23(35)30-17-8-9-18(13-17)31-24-27-14-19(25)22(32-24)20-10-12-28-33-20/h2-7,10,12,14,17-18,26H,8-9,11,13H2,1H3,(H,28,33)(H,29,34)(H,30,35)(H,27,31,32)/b3-2+. The van der Waals surface area contributed by atoms with E-state index in [1.54, 1.807) is 55.8 Å². The summed E-state index contributed by atoms with van der Waals surface area (Å²) >= 11 is 6.23. The van der Waals surface area contributed by atoms with E-state index in [2.05, 4.69) is 41.4 Å². The SMILES string of the molecule is CNC/C=C/C(=O)Nc1ccc(C(=O)NC2CCC(Nc3ncc(Cl)c(-c4ccn[nH]4)n3)C2)cc1. The van der Waals surface area contributed by atoms with E-state index >= 15 is 0 Å². The van der Waals surface area contributed by atoms with Crippen LogP contribution in [0.1, 0.15) is 29.6 Å². The van der Waals surface area contributed by atoms with Gasteiger partial charge >= 0.3 is 0 Å². The number of carbonyl (C=O) groups excluding carboxylic acids is 2. The Kier molecular flexibility index (Phi) is 8.07. The predicted molar refractivity (Wildman–Crippen MR) is 135 cm³/mol. The summed E-state index contributed by atoms with van der Waals surface area (Å²) in [5.74, 6) is 0.115. The number of benzene rings is 1. The van der Waals surface area contributed by atoms with Crippen LogP contribution in [0.2, 0.25) is 5.02 Å². The van der Waals surface area contributed by atoms with Crippen LogP contribution in [0, 0.1) is 0 Å². The second-order valence-corrected chi connectivity index (χ2v) is 8.62. The predicted octanol–water partition coefficient (Wildman–Crippen LogP) is 3.00. The fourth-order valence-electron chi connectivity index (χ4n) is 3.88. The maximum absolute atomic E-state index is 12.7. The molecule has 10 nitrogen and oxygen atoms in total. The number of anilines is 2. The summed E-state index contributed by atoms with van der Waals surface area (Å²) in [6.07, 6.45) is 8.88. The minimum absolute atomic E-state index is 0.0380. The van der Waals surface area contributed by atoms with Crippen LogP contribution in [0.15, 0.2) is 54.9 Å². The number of nitrogens with zero attached hydrogens (tertiary/aromatic N) is 3. The number of hydrogen-bond donors (Lipinski definition) is 5. The molecule has 2 amide bonds. The van der Waals surface area contributed by atoms with Crippen LogP contribution in [0.3, 0.4) is 0 Å². The number of aromatic nitrogens is 4. The van der Waals surface area contributed by atoms with Crippen molar-refractivity contribution in [3.63, 3.8) is 0 Å². The number of nitrogens with one attached hydrogen (secondary N) is 5. The molecule has 2 atom stereocenters. The molecule has 0 bridgehead atoms. The number of H-pyrrole nitrogens is 1. The summed E-state index contributed by atoms with van der Waals surface area (Å²) in [6, 6.07) is 8.79. The molecule has 11 heteroatoms. The summed E-state index contributed by atoms with van der Waals surface area (Å²) in [5, 5.41) is 19.4. The molecule has 1 fully saturated rings. The zero-order chi connectivity index (χ0) is 24.6. The van der Waals surface area contributed by atoms with Crippen LogP contribution in [0.5, 0.6) is 0 Å². The van der Waals surface area contributed by atoms with E-state index in [9.17, 15) is 9.59 Å². The molecule has 1 aromatic carbocycles. The van der Waals surface area contributed by atoms with Crippen LogP contribution in [0.25, 0.3) is 11.4 Å². The normalized spacial score (nSPS) is 17.4. The molecule has 2 aromatic heterocycles. The highest BCUT2D eigenvalue weighted by Gasteiger charge is 2.27.